The number of carbonyl (C=O) groups excluding carboxylic acids is 3. The summed E-state index contributed by atoms with van der Waals surface area (Å²) in [6.45, 7) is 5.45. The summed E-state index contributed by atoms with van der Waals surface area (Å²) in [4.78, 5) is 37.3. The average Bonchev–Trinajstić information content (AvgIpc) is 2.70. The molecule has 0 bridgehead atoms. The summed E-state index contributed by atoms with van der Waals surface area (Å²) < 4.78 is 10.6. The zero-order valence-electron chi connectivity index (χ0n) is 18.0. The highest BCUT2D eigenvalue weighted by Crippen LogP contribution is 2.30. The van der Waals surface area contributed by atoms with Crippen LogP contribution in [0.2, 0.25) is 0 Å². The lowest BCUT2D eigenvalue weighted by atomic mass is 9.86. The van der Waals surface area contributed by atoms with Crippen LogP contribution in [0.1, 0.15) is 36.7 Å². The summed E-state index contributed by atoms with van der Waals surface area (Å²) in [7, 11) is 3.33. The Hall–Kier alpha value is -3.35. The SMILES string of the molecule is CN(C)C(=O)c1ccc(NC(=O)COC(=O)COc2ccccc2C(C)(C)C)cc1. The molecular formula is C23H28N2O5. The second-order valence-corrected chi connectivity index (χ2v) is 8.02. The van der Waals surface area contributed by atoms with Crippen molar-refractivity contribution in [2.75, 3.05) is 32.6 Å². The number of nitrogens with zero attached hydrogens (tertiary/aromatic N) is 1. The molecule has 7 heteroatoms. The molecule has 2 rings (SSSR count). The summed E-state index contributed by atoms with van der Waals surface area (Å²) in [6.07, 6.45) is 0. The van der Waals surface area contributed by atoms with Crippen LogP contribution in [-0.2, 0) is 19.7 Å². The van der Waals surface area contributed by atoms with Gasteiger partial charge >= 0.3 is 5.97 Å². The highest BCUT2D eigenvalue weighted by molar-refractivity contribution is 5.96. The predicted octanol–water partition coefficient (Wildman–Crippen LogP) is 3.25. The van der Waals surface area contributed by atoms with Crippen molar-refractivity contribution in [1.82, 2.24) is 4.90 Å². The molecule has 1 N–H and O–H groups in total. The van der Waals surface area contributed by atoms with Crippen LogP contribution in [0.3, 0.4) is 0 Å². The highest BCUT2D eigenvalue weighted by Gasteiger charge is 2.19. The van der Waals surface area contributed by atoms with Crippen molar-refractivity contribution in [3.8, 4) is 5.75 Å². The Balaban J connectivity index is 1.81. The Kier molecular flexibility index (Phi) is 7.58. The molecule has 0 fully saturated rings. The van der Waals surface area contributed by atoms with Gasteiger partial charge in [0, 0.05) is 25.3 Å². The minimum absolute atomic E-state index is 0.130. The molecule has 0 unspecified atom stereocenters. The minimum Gasteiger partial charge on any atom is -0.482 e. The van der Waals surface area contributed by atoms with Gasteiger partial charge in [0.15, 0.2) is 13.2 Å². The Morgan fingerprint density at radius 2 is 1.57 bits per heavy atom. The van der Waals surface area contributed by atoms with E-state index in [2.05, 4.69) is 26.1 Å². The van der Waals surface area contributed by atoms with E-state index in [-0.39, 0.29) is 17.9 Å². The molecule has 2 amide bonds. The number of nitrogens with one attached hydrogen (secondary N) is 1. The first-order valence-electron chi connectivity index (χ1n) is 9.57. The number of hydrogen-bond donors (Lipinski definition) is 1. The van der Waals surface area contributed by atoms with Crippen LogP contribution in [-0.4, -0.2) is 50.0 Å². The lowest BCUT2D eigenvalue weighted by Gasteiger charge is -2.22. The third-order valence-electron chi connectivity index (χ3n) is 4.23. The van der Waals surface area contributed by atoms with Gasteiger partial charge in [0.25, 0.3) is 11.8 Å². The first kappa shape index (κ1) is 22.9. The van der Waals surface area contributed by atoms with Crippen LogP contribution in [0, 0.1) is 0 Å². The zero-order chi connectivity index (χ0) is 22.3. The average molecular weight is 412 g/mol. The monoisotopic (exact) mass is 412 g/mol. The molecule has 7 nitrogen and oxygen atoms in total. The van der Waals surface area contributed by atoms with Crippen molar-refractivity contribution in [1.29, 1.82) is 0 Å². The summed E-state index contributed by atoms with van der Waals surface area (Å²) >= 11 is 0. The largest absolute Gasteiger partial charge is 0.482 e. The first-order valence-corrected chi connectivity index (χ1v) is 9.57. The third kappa shape index (κ3) is 6.62. The van der Waals surface area contributed by atoms with Gasteiger partial charge in [-0.1, -0.05) is 39.0 Å². The van der Waals surface area contributed by atoms with Gasteiger partial charge < -0.3 is 19.7 Å². The van der Waals surface area contributed by atoms with Crippen LogP contribution in [0.4, 0.5) is 5.69 Å². The van der Waals surface area contributed by atoms with E-state index in [0.29, 0.717) is 17.0 Å². The third-order valence-corrected chi connectivity index (χ3v) is 4.23. The molecule has 0 saturated heterocycles. The number of esters is 1. The molecule has 2 aromatic rings. The lowest BCUT2D eigenvalue weighted by molar-refractivity contribution is -0.149. The van der Waals surface area contributed by atoms with Crippen molar-refractivity contribution in [2.24, 2.45) is 0 Å². The molecule has 0 atom stereocenters. The summed E-state index contributed by atoms with van der Waals surface area (Å²) in [5, 5.41) is 2.61. The normalized spacial score (nSPS) is 10.8. The first-order chi connectivity index (χ1) is 14.1. The summed E-state index contributed by atoms with van der Waals surface area (Å²) in [5.74, 6) is -0.639. The number of carbonyl (C=O) groups is 3. The maximum atomic E-state index is 12.0. The van der Waals surface area contributed by atoms with Crippen LogP contribution < -0.4 is 10.1 Å². The number of benzene rings is 2. The molecule has 0 aliphatic heterocycles. The quantitative estimate of drug-likeness (QED) is 0.706. The maximum Gasteiger partial charge on any atom is 0.344 e. The van der Waals surface area contributed by atoms with Gasteiger partial charge in [0.2, 0.25) is 0 Å². The number of para-hydroxylation sites is 1. The number of hydrogen-bond acceptors (Lipinski definition) is 5. The number of rotatable bonds is 7. The second kappa shape index (κ2) is 9.91. The molecule has 0 aliphatic rings. The molecule has 0 radical (unpaired) electrons. The molecule has 0 aliphatic carbocycles. The fourth-order valence-electron chi connectivity index (χ4n) is 2.69. The van der Waals surface area contributed by atoms with Crippen molar-refractivity contribution < 1.29 is 23.9 Å². The number of anilines is 1. The molecule has 160 valence electrons. The Bertz CT molecular complexity index is 899. The van der Waals surface area contributed by atoms with Gasteiger partial charge in [-0.15, -0.1) is 0 Å². The van der Waals surface area contributed by atoms with E-state index in [1.807, 2.05) is 18.2 Å². The van der Waals surface area contributed by atoms with Crippen molar-refractivity contribution in [2.45, 2.75) is 26.2 Å². The molecule has 2 aromatic carbocycles. The van der Waals surface area contributed by atoms with Crippen molar-refractivity contribution in [3.05, 3.63) is 59.7 Å². The van der Waals surface area contributed by atoms with Crippen LogP contribution in [0.15, 0.2) is 48.5 Å². The molecule has 0 aromatic heterocycles. The van der Waals surface area contributed by atoms with Crippen molar-refractivity contribution >= 4 is 23.5 Å². The Morgan fingerprint density at radius 1 is 0.933 bits per heavy atom. The summed E-state index contributed by atoms with van der Waals surface area (Å²) in [6, 6.07) is 14.0. The van der Waals surface area contributed by atoms with Gasteiger partial charge in [0.1, 0.15) is 5.75 Å². The van der Waals surface area contributed by atoms with E-state index < -0.39 is 18.5 Å². The van der Waals surface area contributed by atoms with Gasteiger partial charge in [-0.05, 0) is 41.3 Å². The molecule has 0 spiro atoms. The van der Waals surface area contributed by atoms with Crippen LogP contribution in [0.5, 0.6) is 5.75 Å². The van der Waals surface area contributed by atoms with E-state index in [9.17, 15) is 14.4 Å². The number of ether oxygens (including phenoxy) is 2. The van der Waals surface area contributed by atoms with Crippen molar-refractivity contribution in [3.63, 3.8) is 0 Å². The Labute approximate surface area is 177 Å². The maximum absolute atomic E-state index is 12.0. The Morgan fingerprint density at radius 3 is 2.17 bits per heavy atom. The second-order valence-electron chi connectivity index (χ2n) is 8.02. The van der Waals surface area contributed by atoms with E-state index in [4.69, 9.17) is 9.47 Å². The van der Waals surface area contributed by atoms with Crippen LogP contribution in [0.25, 0.3) is 0 Å². The van der Waals surface area contributed by atoms with E-state index in [1.54, 1.807) is 44.4 Å². The smallest absolute Gasteiger partial charge is 0.344 e. The standard InChI is InChI=1S/C23H28N2O5/c1-23(2,3)18-8-6-7-9-19(18)29-15-21(27)30-14-20(26)24-17-12-10-16(11-13-17)22(28)25(4)5/h6-13H,14-15H2,1-5H3,(H,24,26). The highest BCUT2D eigenvalue weighted by atomic mass is 16.6. The van der Waals surface area contributed by atoms with Gasteiger partial charge in [-0.2, -0.15) is 0 Å². The summed E-state index contributed by atoms with van der Waals surface area (Å²) in [5.41, 5.74) is 1.86. The topological polar surface area (TPSA) is 84.9 Å². The van der Waals surface area contributed by atoms with Crippen LogP contribution >= 0.6 is 0 Å². The lowest BCUT2D eigenvalue weighted by Crippen LogP contribution is -2.24. The number of amides is 2. The molecule has 30 heavy (non-hydrogen) atoms. The molecular weight excluding hydrogens is 384 g/mol. The van der Waals surface area contributed by atoms with E-state index >= 15 is 0 Å². The fraction of sp³-hybridized carbons (Fsp3) is 0.348. The van der Waals surface area contributed by atoms with Gasteiger partial charge in [0.05, 0.1) is 0 Å². The molecule has 0 saturated carbocycles. The van der Waals surface area contributed by atoms with Gasteiger partial charge in [-0.3, -0.25) is 9.59 Å². The fourth-order valence-corrected chi connectivity index (χ4v) is 2.69. The van der Waals surface area contributed by atoms with E-state index in [0.717, 1.165) is 5.56 Å². The van der Waals surface area contributed by atoms with Gasteiger partial charge in [-0.25, -0.2) is 4.79 Å². The molecule has 0 heterocycles. The van der Waals surface area contributed by atoms with E-state index in [1.165, 1.54) is 4.90 Å². The predicted molar refractivity (Wildman–Crippen MR) is 115 cm³/mol. The minimum atomic E-state index is -0.638. The zero-order valence-corrected chi connectivity index (χ0v) is 18.0.